The number of ether oxygens (including phenoxy) is 1. The zero-order valence-electron chi connectivity index (χ0n) is 4.05. The van der Waals surface area contributed by atoms with Gasteiger partial charge in [-0.2, -0.15) is 5.26 Å². The van der Waals surface area contributed by atoms with Gasteiger partial charge in [0.25, 0.3) is 0 Å². The van der Waals surface area contributed by atoms with Crippen molar-refractivity contribution in [1.29, 1.82) is 5.26 Å². The summed E-state index contributed by atoms with van der Waals surface area (Å²) < 4.78 is 4.95. The van der Waals surface area contributed by atoms with E-state index < -0.39 is 0 Å². The minimum absolute atomic E-state index is 0.269. The van der Waals surface area contributed by atoms with Crippen molar-refractivity contribution in [3.05, 3.63) is 0 Å². The average molecular weight is 97.1 g/mol. The van der Waals surface area contributed by atoms with Crippen molar-refractivity contribution < 1.29 is 4.74 Å². The van der Waals surface area contributed by atoms with Crippen LogP contribution in [0.2, 0.25) is 0 Å². The lowest BCUT2D eigenvalue weighted by Crippen LogP contribution is -2.25. The fraction of sp³-hybridized carbons (Fsp3) is 0.800. The molecule has 2 nitrogen and oxygen atoms in total. The number of hydrogen-bond acceptors (Lipinski definition) is 2. The number of hydrogen-bond donors (Lipinski definition) is 0. The molecule has 0 bridgehead atoms. The monoisotopic (exact) mass is 97.1 g/mol. The summed E-state index contributed by atoms with van der Waals surface area (Å²) in [7, 11) is 0. The molecule has 0 N–H and O–H groups in total. The quantitative estimate of drug-likeness (QED) is 0.482. The molecule has 1 unspecified atom stereocenters. The Bertz CT molecular complexity index is 90.7. The summed E-state index contributed by atoms with van der Waals surface area (Å²) in [5.41, 5.74) is 0. The molecule has 1 aliphatic heterocycles. The molecule has 1 aliphatic rings. The van der Waals surface area contributed by atoms with Gasteiger partial charge >= 0.3 is 0 Å². The van der Waals surface area contributed by atoms with Gasteiger partial charge in [0, 0.05) is 6.61 Å². The van der Waals surface area contributed by atoms with Gasteiger partial charge < -0.3 is 4.74 Å². The van der Waals surface area contributed by atoms with Gasteiger partial charge in [-0.3, -0.25) is 0 Å². The van der Waals surface area contributed by atoms with Gasteiger partial charge in [-0.25, -0.2) is 0 Å². The summed E-state index contributed by atoms with van der Waals surface area (Å²) in [6.45, 7) is 0.854. The van der Waals surface area contributed by atoms with E-state index in [0.29, 0.717) is 6.42 Å². The lowest BCUT2D eigenvalue weighted by atomic mass is 10.1. The van der Waals surface area contributed by atoms with Crippen LogP contribution in [0.3, 0.4) is 0 Å². The van der Waals surface area contributed by atoms with Crippen LogP contribution < -0.4 is 0 Å². The molecular weight excluding hydrogens is 90.1 g/mol. The average Bonchev–Trinajstić information content (AvgIpc) is 1.55. The van der Waals surface area contributed by atoms with Crippen LogP contribution in [-0.4, -0.2) is 12.7 Å². The normalized spacial score (nSPS) is 28.1. The standard InChI is InChI=1S/C5H7NO/c6-3-1-5-2-4-7-5/h5H,1-2,4H2. The van der Waals surface area contributed by atoms with Crippen molar-refractivity contribution in [2.45, 2.75) is 18.9 Å². The molecule has 0 aromatic heterocycles. The Kier molecular flexibility index (Phi) is 1.28. The minimum atomic E-state index is 0.269. The summed E-state index contributed by atoms with van der Waals surface area (Å²) >= 11 is 0. The molecule has 0 amide bonds. The lowest BCUT2D eigenvalue weighted by Gasteiger charge is -2.23. The van der Waals surface area contributed by atoms with Crippen LogP contribution in [0.4, 0.5) is 0 Å². The second-order valence-electron chi connectivity index (χ2n) is 1.64. The second kappa shape index (κ2) is 1.94. The van der Waals surface area contributed by atoms with E-state index in [9.17, 15) is 0 Å². The van der Waals surface area contributed by atoms with Crippen LogP contribution in [0.1, 0.15) is 12.8 Å². The summed E-state index contributed by atoms with van der Waals surface area (Å²) in [6.07, 6.45) is 1.91. The predicted molar refractivity (Wildman–Crippen MR) is 24.6 cm³/mol. The highest BCUT2D eigenvalue weighted by molar-refractivity contribution is 4.79. The maximum absolute atomic E-state index is 8.07. The molecule has 38 valence electrons. The van der Waals surface area contributed by atoms with Crippen molar-refractivity contribution >= 4 is 0 Å². The van der Waals surface area contributed by atoms with Gasteiger partial charge in [0.05, 0.1) is 18.6 Å². The van der Waals surface area contributed by atoms with Crippen LogP contribution in [0.15, 0.2) is 0 Å². The molecule has 0 radical (unpaired) electrons. The lowest BCUT2D eigenvalue weighted by molar-refractivity contribution is -0.0465. The molecular formula is C5H7NO. The molecule has 1 heterocycles. The molecule has 0 aromatic carbocycles. The highest BCUT2D eigenvalue weighted by Crippen LogP contribution is 2.12. The molecule has 7 heavy (non-hydrogen) atoms. The van der Waals surface area contributed by atoms with E-state index >= 15 is 0 Å². The Morgan fingerprint density at radius 2 is 2.57 bits per heavy atom. The van der Waals surface area contributed by atoms with Crippen molar-refractivity contribution in [1.82, 2.24) is 0 Å². The van der Waals surface area contributed by atoms with Gasteiger partial charge in [-0.15, -0.1) is 0 Å². The topological polar surface area (TPSA) is 33.0 Å². The predicted octanol–water partition coefficient (Wildman–Crippen LogP) is 0.689. The van der Waals surface area contributed by atoms with Crippen LogP contribution in [0, 0.1) is 11.3 Å². The molecule has 1 saturated heterocycles. The SMILES string of the molecule is N#CCC1CCO1. The Labute approximate surface area is 42.7 Å². The van der Waals surface area contributed by atoms with Gasteiger partial charge in [-0.05, 0) is 6.42 Å². The Morgan fingerprint density at radius 3 is 2.71 bits per heavy atom. The molecule has 1 fully saturated rings. The smallest absolute Gasteiger partial charge is 0.0726 e. The van der Waals surface area contributed by atoms with Gasteiger partial charge in [0.2, 0.25) is 0 Å². The van der Waals surface area contributed by atoms with Crippen LogP contribution >= 0.6 is 0 Å². The first-order valence-corrected chi connectivity index (χ1v) is 2.42. The molecule has 1 atom stereocenters. The van der Waals surface area contributed by atoms with Crippen LogP contribution in [0.25, 0.3) is 0 Å². The van der Waals surface area contributed by atoms with Crippen molar-refractivity contribution in [2.75, 3.05) is 6.61 Å². The van der Waals surface area contributed by atoms with Crippen LogP contribution in [-0.2, 0) is 4.74 Å². The third kappa shape index (κ3) is 0.908. The van der Waals surface area contributed by atoms with Gasteiger partial charge in [-0.1, -0.05) is 0 Å². The zero-order valence-corrected chi connectivity index (χ0v) is 4.05. The fourth-order valence-corrected chi connectivity index (χ4v) is 0.547. The first kappa shape index (κ1) is 4.61. The molecule has 0 aliphatic carbocycles. The maximum atomic E-state index is 8.07. The highest BCUT2D eigenvalue weighted by atomic mass is 16.5. The Morgan fingerprint density at radius 1 is 1.86 bits per heavy atom. The van der Waals surface area contributed by atoms with Gasteiger partial charge in [0.15, 0.2) is 0 Å². The minimum Gasteiger partial charge on any atom is -0.377 e. The second-order valence-corrected chi connectivity index (χ2v) is 1.64. The zero-order chi connectivity index (χ0) is 5.11. The van der Waals surface area contributed by atoms with E-state index in [1.807, 2.05) is 6.07 Å². The van der Waals surface area contributed by atoms with E-state index in [2.05, 4.69) is 0 Å². The van der Waals surface area contributed by atoms with Crippen molar-refractivity contribution in [3.63, 3.8) is 0 Å². The summed E-state index contributed by atoms with van der Waals surface area (Å²) in [5.74, 6) is 0. The van der Waals surface area contributed by atoms with E-state index in [1.54, 1.807) is 0 Å². The highest BCUT2D eigenvalue weighted by Gasteiger charge is 2.16. The maximum Gasteiger partial charge on any atom is 0.0726 e. The Hall–Kier alpha value is -0.550. The van der Waals surface area contributed by atoms with E-state index in [1.165, 1.54) is 0 Å². The summed E-state index contributed by atoms with van der Waals surface area (Å²) in [5, 5.41) is 8.07. The first-order chi connectivity index (χ1) is 3.43. The molecule has 0 spiro atoms. The first-order valence-electron chi connectivity index (χ1n) is 2.42. The molecule has 0 aromatic rings. The summed E-state index contributed by atoms with van der Waals surface area (Å²) in [6, 6.07) is 2.04. The van der Waals surface area contributed by atoms with Gasteiger partial charge in [0.1, 0.15) is 0 Å². The van der Waals surface area contributed by atoms with E-state index in [4.69, 9.17) is 10.00 Å². The third-order valence-electron chi connectivity index (χ3n) is 1.11. The Balaban J connectivity index is 2.06. The van der Waals surface area contributed by atoms with E-state index in [-0.39, 0.29) is 6.10 Å². The number of nitrogens with zero attached hydrogens (tertiary/aromatic N) is 1. The number of nitriles is 1. The van der Waals surface area contributed by atoms with Crippen LogP contribution in [0.5, 0.6) is 0 Å². The van der Waals surface area contributed by atoms with Crippen molar-refractivity contribution in [3.8, 4) is 6.07 Å². The van der Waals surface area contributed by atoms with E-state index in [0.717, 1.165) is 13.0 Å². The fourth-order valence-electron chi connectivity index (χ4n) is 0.547. The van der Waals surface area contributed by atoms with Crippen molar-refractivity contribution in [2.24, 2.45) is 0 Å². The third-order valence-corrected chi connectivity index (χ3v) is 1.11. The molecule has 1 rings (SSSR count). The largest absolute Gasteiger partial charge is 0.377 e. The number of rotatable bonds is 1. The molecule has 2 heteroatoms. The summed E-state index contributed by atoms with van der Waals surface area (Å²) in [4.78, 5) is 0. The molecule has 0 saturated carbocycles.